The lowest BCUT2D eigenvalue weighted by Crippen LogP contribution is -2.55. The van der Waals surface area contributed by atoms with E-state index in [0.717, 1.165) is 24.0 Å². The summed E-state index contributed by atoms with van der Waals surface area (Å²) in [5.74, 6) is -0.868. The summed E-state index contributed by atoms with van der Waals surface area (Å²) in [7, 11) is -3.70. The highest BCUT2D eigenvalue weighted by Gasteiger charge is 2.44. The second-order valence-corrected chi connectivity index (χ2v) is 9.37. The first-order valence-electron chi connectivity index (χ1n) is 9.93. The minimum atomic E-state index is -4.61. The molecule has 6 nitrogen and oxygen atoms in total. The van der Waals surface area contributed by atoms with Crippen LogP contribution < -0.4 is 4.72 Å². The van der Waals surface area contributed by atoms with Crippen molar-refractivity contribution in [2.75, 3.05) is 37.3 Å². The fraction of sp³-hybridized carbons (Fsp3) is 0.429. The number of nitrogens with zero attached hydrogens (tertiary/aromatic N) is 2. The van der Waals surface area contributed by atoms with E-state index in [9.17, 15) is 26.0 Å². The van der Waals surface area contributed by atoms with Crippen molar-refractivity contribution < 1.29 is 30.7 Å². The zero-order valence-electron chi connectivity index (χ0n) is 17.5. The third-order valence-corrected chi connectivity index (χ3v) is 5.73. The number of hydrogen-bond acceptors (Lipinski definition) is 5. The molecule has 2 aliphatic rings. The molecule has 2 aliphatic heterocycles. The molecular formula is C21H25F4N3O3S. The van der Waals surface area contributed by atoms with Gasteiger partial charge in [0.1, 0.15) is 17.7 Å². The van der Waals surface area contributed by atoms with Gasteiger partial charge in [-0.15, -0.1) is 6.58 Å². The van der Waals surface area contributed by atoms with Gasteiger partial charge in [0.05, 0.1) is 25.2 Å². The van der Waals surface area contributed by atoms with Gasteiger partial charge in [-0.05, 0) is 35.8 Å². The number of benzene rings is 1. The number of alkyl halides is 3. The number of halogens is 4. The van der Waals surface area contributed by atoms with Crippen LogP contribution in [0.25, 0.3) is 0 Å². The van der Waals surface area contributed by atoms with E-state index in [1.165, 1.54) is 23.1 Å². The van der Waals surface area contributed by atoms with Crippen molar-refractivity contribution in [2.24, 2.45) is 0 Å². The molecule has 0 bridgehead atoms. The first kappa shape index (κ1) is 24.3. The number of anilines is 1. The zero-order valence-corrected chi connectivity index (χ0v) is 18.3. The quantitative estimate of drug-likeness (QED) is 0.482. The average Bonchev–Trinajstić information content (AvgIpc) is 2.69. The molecule has 0 spiro atoms. The van der Waals surface area contributed by atoms with Gasteiger partial charge in [0.25, 0.3) is 0 Å². The molecule has 0 aromatic heterocycles. The molecule has 2 heterocycles. The van der Waals surface area contributed by atoms with Crippen molar-refractivity contribution in [3.05, 3.63) is 65.7 Å². The number of rotatable bonds is 7. The SMILES string of the molecule is C=CCC1=CC=C(C(F)(F)F)N(Cc2ccc(NS(C)(=O)=O)c(F)c2)C1N1CCOCC1. The predicted octanol–water partition coefficient (Wildman–Crippen LogP) is 3.62. The Labute approximate surface area is 184 Å². The summed E-state index contributed by atoms with van der Waals surface area (Å²) in [6.45, 7) is 5.19. The largest absolute Gasteiger partial charge is 0.431 e. The number of hydrogen-bond donors (Lipinski definition) is 1. The highest BCUT2D eigenvalue weighted by molar-refractivity contribution is 7.92. The summed E-state index contributed by atoms with van der Waals surface area (Å²) < 4.78 is 86.4. The van der Waals surface area contributed by atoms with Crippen molar-refractivity contribution in [1.82, 2.24) is 9.80 Å². The first-order chi connectivity index (χ1) is 15.0. The number of ether oxygens (including phenoxy) is 1. The van der Waals surface area contributed by atoms with Gasteiger partial charge in [-0.1, -0.05) is 18.2 Å². The number of nitrogens with one attached hydrogen (secondary N) is 1. The third-order valence-electron chi connectivity index (χ3n) is 5.14. The molecular weight excluding hydrogens is 450 g/mol. The van der Waals surface area contributed by atoms with Gasteiger partial charge < -0.3 is 9.64 Å². The van der Waals surface area contributed by atoms with Crippen molar-refractivity contribution >= 4 is 15.7 Å². The van der Waals surface area contributed by atoms with Crippen LogP contribution in [0.5, 0.6) is 0 Å². The van der Waals surface area contributed by atoms with Crippen LogP contribution in [0.4, 0.5) is 23.2 Å². The van der Waals surface area contributed by atoms with Crippen LogP contribution in [0, 0.1) is 5.82 Å². The fourth-order valence-electron chi connectivity index (χ4n) is 3.86. The molecule has 0 amide bonds. The molecule has 32 heavy (non-hydrogen) atoms. The molecule has 1 fully saturated rings. The van der Waals surface area contributed by atoms with E-state index in [4.69, 9.17) is 4.74 Å². The van der Waals surface area contributed by atoms with Crippen LogP contribution in [-0.2, 0) is 21.3 Å². The Hall–Kier alpha value is -2.37. The molecule has 11 heteroatoms. The summed E-state index contributed by atoms with van der Waals surface area (Å²) >= 11 is 0. The van der Waals surface area contributed by atoms with Crippen LogP contribution in [0.15, 0.2) is 54.3 Å². The molecule has 1 atom stereocenters. The Balaban J connectivity index is 1.98. The fourth-order valence-corrected chi connectivity index (χ4v) is 4.42. The second kappa shape index (κ2) is 9.63. The maximum Gasteiger partial charge on any atom is 0.431 e. The summed E-state index contributed by atoms with van der Waals surface area (Å²) in [5, 5.41) is 0. The molecule has 1 unspecified atom stereocenters. The molecule has 1 N–H and O–H groups in total. The van der Waals surface area contributed by atoms with Gasteiger partial charge in [0, 0.05) is 19.6 Å². The van der Waals surface area contributed by atoms with E-state index in [0.29, 0.717) is 32.7 Å². The van der Waals surface area contributed by atoms with E-state index in [-0.39, 0.29) is 17.8 Å². The monoisotopic (exact) mass is 475 g/mol. The molecule has 1 aromatic rings. The summed E-state index contributed by atoms with van der Waals surface area (Å²) in [5.41, 5.74) is -0.0837. The Morgan fingerprint density at radius 2 is 1.94 bits per heavy atom. The van der Waals surface area contributed by atoms with Crippen LogP contribution in [0.2, 0.25) is 0 Å². The third kappa shape index (κ3) is 5.90. The van der Waals surface area contributed by atoms with Gasteiger partial charge in [-0.3, -0.25) is 9.62 Å². The normalized spacial score (nSPS) is 20.5. The zero-order chi connectivity index (χ0) is 23.5. The molecule has 1 aromatic carbocycles. The molecule has 176 valence electrons. The van der Waals surface area contributed by atoms with Crippen LogP contribution in [-0.4, -0.2) is 63.1 Å². The van der Waals surface area contributed by atoms with Gasteiger partial charge in [-0.25, -0.2) is 12.8 Å². The smallest absolute Gasteiger partial charge is 0.379 e. The number of sulfonamides is 1. The standard InChI is InChI=1S/C21H25F4N3O3S/c1-3-4-16-6-8-19(21(23,24)25)28(20(16)27-9-11-31-12-10-27)14-15-5-7-18(17(22)13-15)26-32(2,29)30/h3,5-8,13,20,26H,1,4,9-12,14H2,2H3. The van der Waals surface area contributed by atoms with Gasteiger partial charge in [-0.2, -0.15) is 13.2 Å². The maximum atomic E-state index is 14.5. The lowest BCUT2D eigenvalue weighted by Gasteiger charge is -2.46. The minimum absolute atomic E-state index is 0.224. The summed E-state index contributed by atoms with van der Waals surface area (Å²) in [6.07, 6.45) is 0.106. The Morgan fingerprint density at radius 3 is 2.50 bits per heavy atom. The predicted molar refractivity (Wildman–Crippen MR) is 114 cm³/mol. The van der Waals surface area contributed by atoms with E-state index in [2.05, 4.69) is 6.58 Å². The van der Waals surface area contributed by atoms with Crippen LogP contribution in [0.1, 0.15) is 12.0 Å². The molecule has 0 saturated carbocycles. The summed E-state index contributed by atoms with van der Waals surface area (Å²) in [4.78, 5) is 3.12. The van der Waals surface area contributed by atoms with Crippen molar-refractivity contribution in [3.63, 3.8) is 0 Å². The Morgan fingerprint density at radius 1 is 1.25 bits per heavy atom. The minimum Gasteiger partial charge on any atom is -0.379 e. The van der Waals surface area contributed by atoms with E-state index >= 15 is 0 Å². The van der Waals surface area contributed by atoms with E-state index < -0.39 is 33.9 Å². The lowest BCUT2D eigenvalue weighted by atomic mass is 10.00. The van der Waals surface area contributed by atoms with Crippen LogP contribution in [0.3, 0.4) is 0 Å². The van der Waals surface area contributed by atoms with Crippen LogP contribution >= 0.6 is 0 Å². The van der Waals surface area contributed by atoms with Gasteiger partial charge in [0.2, 0.25) is 10.0 Å². The molecule has 1 saturated heterocycles. The summed E-state index contributed by atoms with van der Waals surface area (Å²) in [6, 6.07) is 3.66. The van der Waals surface area contributed by atoms with Gasteiger partial charge >= 0.3 is 6.18 Å². The highest BCUT2D eigenvalue weighted by atomic mass is 32.2. The van der Waals surface area contributed by atoms with E-state index in [1.807, 2.05) is 9.62 Å². The van der Waals surface area contributed by atoms with Crippen molar-refractivity contribution in [1.29, 1.82) is 0 Å². The maximum absolute atomic E-state index is 14.5. The molecule has 0 aliphatic carbocycles. The molecule has 0 radical (unpaired) electrons. The highest BCUT2D eigenvalue weighted by Crippen LogP contribution is 2.38. The number of allylic oxidation sites excluding steroid dienone is 4. The first-order valence-corrected chi connectivity index (χ1v) is 11.8. The average molecular weight is 476 g/mol. The number of morpholine rings is 1. The Kier molecular flexibility index (Phi) is 7.31. The van der Waals surface area contributed by atoms with E-state index in [1.54, 1.807) is 6.08 Å². The topological polar surface area (TPSA) is 61.9 Å². The van der Waals surface area contributed by atoms with Crippen molar-refractivity contribution in [3.8, 4) is 0 Å². The Bertz CT molecular complexity index is 1020. The van der Waals surface area contributed by atoms with Crippen molar-refractivity contribution in [2.45, 2.75) is 25.3 Å². The lowest BCUT2D eigenvalue weighted by molar-refractivity contribution is -0.125. The molecule has 3 rings (SSSR count). The van der Waals surface area contributed by atoms with Gasteiger partial charge in [0.15, 0.2) is 0 Å². The second-order valence-electron chi connectivity index (χ2n) is 7.62.